The second-order valence-electron chi connectivity index (χ2n) is 6.97. The van der Waals surface area contributed by atoms with Gasteiger partial charge in [-0.2, -0.15) is 5.10 Å². The third kappa shape index (κ3) is 3.44. The summed E-state index contributed by atoms with van der Waals surface area (Å²) in [6.45, 7) is 4.84. The van der Waals surface area contributed by atoms with Gasteiger partial charge in [0.2, 0.25) is 0 Å². The Morgan fingerprint density at radius 3 is 2.84 bits per heavy atom. The summed E-state index contributed by atoms with van der Waals surface area (Å²) in [5.41, 5.74) is 3.49. The molecule has 1 aromatic heterocycles. The van der Waals surface area contributed by atoms with Crippen LogP contribution in [0.4, 0.5) is 5.69 Å². The van der Waals surface area contributed by atoms with E-state index in [1.54, 1.807) is 6.20 Å². The van der Waals surface area contributed by atoms with Gasteiger partial charge in [0.1, 0.15) is 5.02 Å². The lowest BCUT2D eigenvalue weighted by Crippen LogP contribution is -2.48. The van der Waals surface area contributed by atoms with E-state index in [1.807, 2.05) is 0 Å². The van der Waals surface area contributed by atoms with Crippen molar-refractivity contribution in [3.8, 4) is 0 Å². The van der Waals surface area contributed by atoms with Crippen molar-refractivity contribution >= 4 is 17.3 Å². The third-order valence-electron chi connectivity index (χ3n) is 5.46. The number of piperazine rings is 1. The molecule has 1 N–H and O–H groups in total. The van der Waals surface area contributed by atoms with Crippen molar-refractivity contribution < 1.29 is 0 Å². The first-order valence-electron chi connectivity index (χ1n) is 9.00. The van der Waals surface area contributed by atoms with E-state index in [1.165, 1.54) is 30.4 Å². The number of aromatic nitrogens is 2. The van der Waals surface area contributed by atoms with Crippen LogP contribution >= 0.6 is 11.6 Å². The maximum atomic E-state index is 11.6. The average Bonchev–Trinajstić information content (AvgIpc) is 2.65. The van der Waals surface area contributed by atoms with E-state index in [0.717, 1.165) is 38.4 Å². The molecular weight excluding hydrogens is 336 g/mol. The fraction of sp³-hybridized carbons (Fsp3) is 0.474. The summed E-state index contributed by atoms with van der Waals surface area (Å²) >= 11 is 6.14. The van der Waals surface area contributed by atoms with Gasteiger partial charge in [0, 0.05) is 32.7 Å². The number of H-pyrrole nitrogens is 1. The maximum Gasteiger partial charge on any atom is 0.285 e. The molecule has 0 saturated carbocycles. The lowest BCUT2D eigenvalue weighted by molar-refractivity contribution is 0.234. The molecule has 2 aromatic rings. The minimum Gasteiger partial charge on any atom is -0.366 e. The zero-order valence-corrected chi connectivity index (χ0v) is 15.0. The molecule has 0 radical (unpaired) electrons. The molecule has 1 aliphatic heterocycles. The number of aryl methyl sites for hydroxylation is 1. The number of nitrogens with one attached hydrogen (secondary N) is 1. The average molecular weight is 359 g/mol. The fourth-order valence-electron chi connectivity index (χ4n) is 4.12. The molecule has 0 amide bonds. The highest BCUT2D eigenvalue weighted by atomic mass is 35.5. The molecule has 0 bridgehead atoms. The quantitative estimate of drug-likeness (QED) is 0.916. The highest BCUT2D eigenvalue weighted by Gasteiger charge is 2.25. The predicted octanol–water partition coefficient (Wildman–Crippen LogP) is 2.67. The first-order valence-corrected chi connectivity index (χ1v) is 9.38. The van der Waals surface area contributed by atoms with E-state index >= 15 is 0 Å². The van der Waals surface area contributed by atoms with Crippen molar-refractivity contribution in [3.63, 3.8) is 0 Å². The Morgan fingerprint density at radius 1 is 1.20 bits per heavy atom. The molecule has 1 atom stereocenters. The number of fused-ring (bicyclic) bond motifs is 1. The molecule has 6 heteroatoms. The van der Waals surface area contributed by atoms with Crippen molar-refractivity contribution in [2.45, 2.75) is 25.2 Å². The van der Waals surface area contributed by atoms with E-state index < -0.39 is 0 Å². The fourth-order valence-corrected chi connectivity index (χ4v) is 4.33. The number of hydrogen-bond acceptors (Lipinski definition) is 4. The molecule has 25 heavy (non-hydrogen) atoms. The Balaban J connectivity index is 1.40. The van der Waals surface area contributed by atoms with Crippen LogP contribution in [-0.2, 0) is 6.42 Å². The number of aromatic amines is 1. The minimum absolute atomic E-state index is 0.240. The summed E-state index contributed by atoms with van der Waals surface area (Å²) in [5.74, 6) is 0.640. The van der Waals surface area contributed by atoms with Crippen LogP contribution in [0.1, 0.15) is 29.9 Å². The number of halogens is 1. The number of rotatable bonds is 3. The van der Waals surface area contributed by atoms with Gasteiger partial charge >= 0.3 is 0 Å². The zero-order chi connectivity index (χ0) is 17.2. The van der Waals surface area contributed by atoms with Gasteiger partial charge in [0.15, 0.2) is 0 Å². The summed E-state index contributed by atoms with van der Waals surface area (Å²) in [7, 11) is 0. The highest BCUT2D eigenvalue weighted by Crippen LogP contribution is 2.32. The normalized spacial score (nSPS) is 21.2. The Labute approximate surface area is 152 Å². The molecule has 1 fully saturated rings. The monoisotopic (exact) mass is 358 g/mol. The molecular formula is C19H23ClN4O. The van der Waals surface area contributed by atoms with Crippen LogP contribution in [0.25, 0.3) is 0 Å². The molecule has 1 aromatic carbocycles. The van der Waals surface area contributed by atoms with Gasteiger partial charge in [-0.3, -0.25) is 9.69 Å². The zero-order valence-electron chi connectivity index (χ0n) is 14.2. The molecule has 4 rings (SSSR count). The lowest BCUT2D eigenvalue weighted by Gasteiger charge is -2.38. The molecule has 132 valence electrons. The van der Waals surface area contributed by atoms with E-state index in [9.17, 15) is 4.79 Å². The van der Waals surface area contributed by atoms with Crippen LogP contribution in [0.3, 0.4) is 0 Å². The van der Waals surface area contributed by atoms with Gasteiger partial charge in [-0.15, -0.1) is 0 Å². The summed E-state index contributed by atoms with van der Waals surface area (Å²) in [6.07, 6.45) is 5.43. The van der Waals surface area contributed by atoms with Crippen LogP contribution in [0, 0.1) is 0 Å². The second kappa shape index (κ2) is 7.18. The van der Waals surface area contributed by atoms with E-state index in [-0.39, 0.29) is 10.6 Å². The Morgan fingerprint density at radius 2 is 2.00 bits per heavy atom. The SMILES string of the molecule is O=c1[nH]ncc(N2CCN(C[C@H]3CCCc4ccccc43)CC2)c1Cl. The Kier molecular flexibility index (Phi) is 4.77. The summed E-state index contributed by atoms with van der Waals surface area (Å²) in [4.78, 5) is 16.3. The Bertz CT molecular complexity index is 798. The Hall–Kier alpha value is -1.85. The third-order valence-corrected chi connectivity index (χ3v) is 5.83. The molecule has 0 spiro atoms. The summed E-state index contributed by atoms with van der Waals surface area (Å²) < 4.78 is 0. The molecule has 1 saturated heterocycles. The van der Waals surface area contributed by atoms with Crippen molar-refractivity contribution in [2.24, 2.45) is 0 Å². The first kappa shape index (κ1) is 16.6. The second-order valence-corrected chi connectivity index (χ2v) is 7.35. The van der Waals surface area contributed by atoms with Crippen LogP contribution in [-0.4, -0.2) is 47.8 Å². The van der Waals surface area contributed by atoms with Gasteiger partial charge in [0.25, 0.3) is 5.56 Å². The van der Waals surface area contributed by atoms with Crippen molar-refractivity contribution in [2.75, 3.05) is 37.6 Å². The number of nitrogens with zero attached hydrogens (tertiary/aromatic N) is 3. The topological polar surface area (TPSA) is 52.2 Å². The summed E-state index contributed by atoms with van der Waals surface area (Å²) in [6, 6.07) is 8.90. The lowest BCUT2D eigenvalue weighted by atomic mass is 9.82. The van der Waals surface area contributed by atoms with E-state index in [0.29, 0.717) is 5.92 Å². The van der Waals surface area contributed by atoms with Crippen LogP contribution < -0.4 is 10.5 Å². The standard InChI is InChI=1S/C19H23ClN4O/c20-18-17(12-21-22-19(18)25)24-10-8-23(9-11-24)13-15-6-3-5-14-4-1-2-7-16(14)15/h1-2,4,7,12,15H,3,5-6,8-11,13H2,(H,22,25)/t15-/m1/s1. The highest BCUT2D eigenvalue weighted by molar-refractivity contribution is 6.32. The molecule has 2 aliphatic rings. The number of hydrogen-bond donors (Lipinski definition) is 1. The smallest absolute Gasteiger partial charge is 0.285 e. The number of anilines is 1. The van der Waals surface area contributed by atoms with Crippen LogP contribution in [0.15, 0.2) is 35.3 Å². The summed E-state index contributed by atoms with van der Waals surface area (Å²) in [5, 5.41) is 6.50. The number of benzene rings is 1. The molecule has 2 heterocycles. The maximum absolute atomic E-state index is 11.6. The van der Waals surface area contributed by atoms with E-state index in [4.69, 9.17) is 11.6 Å². The largest absolute Gasteiger partial charge is 0.366 e. The van der Waals surface area contributed by atoms with Gasteiger partial charge in [-0.25, -0.2) is 5.10 Å². The van der Waals surface area contributed by atoms with Crippen LogP contribution in [0.5, 0.6) is 0 Å². The molecule has 1 aliphatic carbocycles. The molecule has 5 nitrogen and oxygen atoms in total. The molecule has 0 unspecified atom stereocenters. The van der Waals surface area contributed by atoms with Crippen molar-refractivity contribution in [1.82, 2.24) is 15.1 Å². The predicted molar refractivity (Wildman–Crippen MR) is 101 cm³/mol. The van der Waals surface area contributed by atoms with E-state index in [2.05, 4.69) is 44.3 Å². The van der Waals surface area contributed by atoms with Gasteiger partial charge in [-0.1, -0.05) is 35.9 Å². The van der Waals surface area contributed by atoms with Gasteiger partial charge in [0.05, 0.1) is 11.9 Å². The first-order chi connectivity index (χ1) is 12.2. The van der Waals surface area contributed by atoms with Crippen molar-refractivity contribution in [1.29, 1.82) is 0 Å². The van der Waals surface area contributed by atoms with Gasteiger partial charge < -0.3 is 4.90 Å². The van der Waals surface area contributed by atoms with Crippen LogP contribution in [0.2, 0.25) is 5.02 Å². The minimum atomic E-state index is -0.319. The van der Waals surface area contributed by atoms with Crippen molar-refractivity contribution in [3.05, 3.63) is 57.0 Å². The van der Waals surface area contributed by atoms with Gasteiger partial charge in [-0.05, 0) is 36.3 Å².